The van der Waals surface area contributed by atoms with E-state index in [0.717, 1.165) is 5.39 Å². The quantitative estimate of drug-likeness (QED) is 0.263. The molecule has 0 fully saturated rings. The largest absolute Gasteiger partial charge is 0.506 e. The Balaban J connectivity index is 0.000000176. The first kappa shape index (κ1) is 22.5. The Hall–Kier alpha value is -3.19. The van der Waals surface area contributed by atoms with E-state index in [1.807, 2.05) is 0 Å². The summed E-state index contributed by atoms with van der Waals surface area (Å²) in [5.41, 5.74) is 0.342. The fourth-order valence-corrected chi connectivity index (χ4v) is 3.55. The predicted octanol–water partition coefficient (Wildman–Crippen LogP) is 6.45. The molecular weight excluding hydrogens is 467 g/mol. The van der Waals surface area contributed by atoms with E-state index in [1.54, 1.807) is 12.1 Å². The zero-order valence-corrected chi connectivity index (χ0v) is 17.7. The molecule has 0 atom stereocenters. The SMILES string of the molecule is O=C(O)c1ccc2c(Cl)c(O)c(Cl)cc2c1.O=C(O)c1ccc2cc(O)c(Cl)cc2c1. The summed E-state index contributed by atoms with van der Waals surface area (Å²) in [5.74, 6) is -2.21. The molecule has 0 unspecified atom stereocenters. The van der Waals surface area contributed by atoms with Crippen LogP contribution in [0.2, 0.25) is 15.1 Å². The van der Waals surface area contributed by atoms with E-state index >= 15 is 0 Å². The Labute approximate surface area is 190 Å². The smallest absolute Gasteiger partial charge is 0.335 e. The van der Waals surface area contributed by atoms with Crippen molar-refractivity contribution in [3.63, 3.8) is 0 Å². The number of hydrogen-bond donors (Lipinski definition) is 4. The number of phenols is 2. The highest BCUT2D eigenvalue weighted by Gasteiger charge is 2.11. The van der Waals surface area contributed by atoms with Crippen LogP contribution in [-0.2, 0) is 0 Å². The third-order valence-electron chi connectivity index (χ3n) is 4.40. The predicted molar refractivity (Wildman–Crippen MR) is 120 cm³/mol. The lowest BCUT2D eigenvalue weighted by atomic mass is 10.1. The summed E-state index contributed by atoms with van der Waals surface area (Å²) in [6.45, 7) is 0. The molecule has 0 aromatic heterocycles. The minimum Gasteiger partial charge on any atom is -0.506 e. The van der Waals surface area contributed by atoms with Gasteiger partial charge in [0.1, 0.15) is 5.75 Å². The van der Waals surface area contributed by atoms with Crippen LogP contribution in [0, 0.1) is 0 Å². The summed E-state index contributed by atoms with van der Waals surface area (Å²) in [7, 11) is 0. The molecule has 4 aromatic rings. The molecule has 0 amide bonds. The van der Waals surface area contributed by atoms with Gasteiger partial charge in [0.25, 0.3) is 0 Å². The fraction of sp³-hybridized carbons (Fsp3) is 0. The fourth-order valence-electron chi connectivity index (χ4n) is 2.84. The van der Waals surface area contributed by atoms with Crippen molar-refractivity contribution in [1.29, 1.82) is 0 Å². The van der Waals surface area contributed by atoms with Crippen molar-refractivity contribution in [1.82, 2.24) is 0 Å². The van der Waals surface area contributed by atoms with Crippen molar-refractivity contribution in [3.05, 3.63) is 80.8 Å². The number of aromatic carboxylic acids is 2. The normalized spacial score (nSPS) is 10.5. The first-order chi connectivity index (χ1) is 14.6. The molecule has 0 radical (unpaired) electrons. The van der Waals surface area contributed by atoms with E-state index in [1.165, 1.54) is 42.5 Å². The van der Waals surface area contributed by atoms with Crippen LogP contribution in [0.3, 0.4) is 0 Å². The van der Waals surface area contributed by atoms with Crippen LogP contribution >= 0.6 is 34.8 Å². The molecule has 9 heteroatoms. The molecule has 0 heterocycles. The third kappa shape index (κ3) is 4.77. The number of halogens is 3. The number of aromatic hydroxyl groups is 2. The van der Waals surface area contributed by atoms with Crippen LogP contribution < -0.4 is 0 Å². The second kappa shape index (κ2) is 8.89. The molecule has 0 saturated heterocycles. The summed E-state index contributed by atoms with van der Waals surface area (Å²) in [6.07, 6.45) is 0. The number of fused-ring (bicyclic) bond motifs is 2. The van der Waals surface area contributed by atoms with E-state index in [2.05, 4.69) is 0 Å². The monoisotopic (exact) mass is 478 g/mol. The van der Waals surface area contributed by atoms with Gasteiger partial charge < -0.3 is 20.4 Å². The summed E-state index contributed by atoms with van der Waals surface area (Å²) in [6, 6.07) is 13.6. The Morgan fingerprint density at radius 1 is 0.645 bits per heavy atom. The van der Waals surface area contributed by atoms with Gasteiger partial charge >= 0.3 is 11.9 Å². The number of benzene rings is 4. The van der Waals surface area contributed by atoms with E-state index in [4.69, 9.17) is 45.0 Å². The number of carboxylic acids is 2. The van der Waals surface area contributed by atoms with Gasteiger partial charge in [0.05, 0.1) is 26.2 Å². The van der Waals surface area contributed by atoms with Crippen LogP contribution in [-0.4, -0.2) is 32.4 Å². The summed E-state index contributed by atoms with van der Waals surface area (Å²) in [4.78, 5) is 21.5. The standard InChI is InChI=1S/C11H6Cl2O3.C11H7ClO3/c12-8-4-6-3-5(11(15)16)1-2-7(6)9(13)10(8)14;12-9-4-8-3-7(11(14)15)2-1-6(8)5-10(9)13/h1-4,14H,(H,15,16);1-5,13H,(H,14,15). The lowest BCUT2D eigenvalue weighted by Gasteiger charge is -2.05. The van der Waals surface area contributed by atoms with Gasteiger partial charge in [-0.3, -0.25) is 0 Å². The molecule has 0 aliphatic heterocycles. The van der Waals surface area contributed by atoms with Crippen LogP contribution in [0.5, 0.6) is 11.5 Å². The molecule has 158 valence electrons. The van der Waals surface area contributed by atoms with Gasteiger partial charge in [-0.25, -0.2) is 9.59 Å². The molecule has 6 nitrogen and oxygen atoms in total. The van der Waals surface area contributed by atoms with Gasteiger partial charge in [-0.15, -0.1) is 0 Å². The zero-order chi connectivity index (χ0) is 22.9. The van der Waals surface area contributed by atoms with Crippen molar-refractivity contribution in [2.75, 3.05) is 0 Å². The maximum atomic E-state index is 10.8. The molecule has 4 aromatic carbocycles. The van der Waals surface area contributed by atoms with Gasteiger partial charge in [-0.1, -0.05) is 46.9 Å². The van der Waals surface area contributed by atoms with Crippen LogP contribution in [0.25, 0.3) is 21.5 Å². The Kier molecular flexibility index (Phi) is 6.45. The van der Waals surface area contributed by atoms with E-state index in [9.17, 15) is 19.8 Å². The van der Waals surface area contributed by atoms with Crippen molar-refractivity contribution < 1.29 is 30.0 Å². The summed E-state index contributed by atoms with van der Waals surface area (Å²) in [5, 5.41) is 39.5. The molecule has 0 bridgehead atoms. The molecular formula is C22H13Cl3O6. The van der Waals surface area contributed by atoms with E-state index in [-0.39, 0.29) is 37.7 Å². The van der Waals surface area contributed by atoms with Crippen molar-refractivity contribution in [2.24, 2.45) is 0 Å². The van der Waals surface area contributed by atoms with E-state index < -0.39 is 11.9 Å². The summed E-state index contributed by atoms with van der Waals surface area (Å²) >= 11 is 17.3. The average Bonchev–Trinajstić information content (AvgIpc) is 2.72. The van der Waals surface area contributed by atoms with Gasteiger partial charge in [0, 0.05) is 5.39 Å². The van der Waals surface area contributed by atoms with Gasteiger partial charge in [0.15, 0.2) is 5.75 Å². The van der Waals surface area contributed by atoms with Crippen LogP contribution in [0.1, 0.15) is 20.7 Å². The number of carbonyl (C=O) groups is 2. The molecule has 0 saturated carbocycles. The third-order valence-corrected chi connectivity index (χ3v) is 5.38. The molecule has 4 rings (SSSR count). The van der Waals surface area contributed by atoms with Crippen molar-refractivity contribution in [2.45, 2.75) is 0 Å². The molecule has 0 spiro atoms. The number of rotatable bonds is 2. The lowest BCUT2D eigenvalue weighted by molar-refractivity contribution is 0.0686. The lowest BCUT2D eigenvalue weighted by Crippen LogP contribution is -1.95. The number of phenolic OH excluding ortho intramolecular Hbond substituents is 2. The molecule has 4 N–H and O–H groups in total. The van der Waals surface area contributed by atoms with E-state index in [0.29, 0.717) is 16.2 Å². The van der Waals surface area contributed by atoms with Gasteiger partial charge in [-0.2, -0.15) is 0 Å². The Bertz CT molecular complexity index is 1350. The maximum Gasteiger partial charge on any atom is 0.335 e. The topological polar surface area (TPSA) is 115 Å². The Morgan fingerprint density at radius 2 is 1.19 bits per heavy atom. The minimum atomic E-state index is -1.03. The van der Waals surface area contributed by atoms with Gasteiger partial charge in [0.2, 0.25) is 0 Å². The average molecular weight is 480 g/mol. The van der Waals surface area contributed by atoms with Crippen molar-refractivity contribution >= 4 is 68.3 Å². The highest BCUT2D eigenvalue weighted by molar-refractivity contribution is 6.41. The number of carboxylic acid groups (broad SMARTS) is 2. The second-order valence-electron chi connectivity index (χ2n) is 6.43. The first-order valence-corrected chi connectivity index (χ1v) is 9.71. The highest BCUT2D eigenvalue weighted by atomic mass is 35.5. The zero-order valence-electron chi connectivity index (χ0n) is 15.4. The van der Waals surface area contributed by atoms with Crippen LogP contribution in [0.15, 0.2) is 54.6 Å². The maximum absolute atomic E-state index is 10.8. The van der Waals surface area contributed by atoms with Crippen molar-refractivity contribution in [3.8, 4) is 11.5 Å². The second-order valence-corrected chi connectivity index (χ2v) is 7.63. The summed E-state index contributed by atoms with van der Waals surface area (Å²) < 4.78 is 0. The highest BCUT2D eigenvalue weighted by Crippen LogP contribution is 2.38. The number of hydrogen-bond acceptors (Lipinski definition) is 4. The molecule has 0 aliphatic rings. The van der Waals surface area contributed by atoms with Crippen LogP contribution in [0.4, 0.5) is 0 Å². The van der Waals surface area contributed by atoms with Gasteiger partial charge in [-0.05, 0) is 58.6 Å². The molecule has 0 aliphatic carbocycles. The Morgan fingerprint density at radius 3 is 1.81 bits per heavy atom. The first-order valence-electron chi connectivity index (χ1n) is 8.58. The molecule has 31 heavy (non-hydrogen) atoms. The minimum absolute atomic E-state index is 0.00718.